The summed E-state index contributed by atoms with van der Waals surface area (Å²) in [6.45, 7) is 5.25. The van der Waals surface area contributed by atoms with E-state index in [0.29, 0.717) is 0 Å². The molecule has 0 radical (unpaired) electrons. The van der Waals surface area contributed by atoms with Gasteiger partial charge in [-0.15, -0.1) is 6.58 Å². The molecule has 3 heteroatoms. The van der Waals surface area contributed by atoms with E-state index in [1.54, 1.807) is 6.08 Å². The fourth-order valence-corrected chi connectivity index (χ4v) is 0. The molecular formula is C3H6CaCl2. The molecule has 6 heavy (non-hydrogen) atoms. The molecule has 0 aliphatic rings. The van der Waals surface area contributed by atoms with E-state index < -0.39 is 0 Å². The van der Waals surface area contributed by atoms with Crippen molar-refractivity contribution >= 4 is 37.7 Å². The third-order valence-electron chi connectivity index (χ3n) is 0. The zero-order valence-corrected chi connectivity index (χ0v) is 7.47. The van der Waals surface area contributed by atoms with E-state index in [-0.39, 0.29) is 62.6 Å². The molecule has 34 valence electrons. The van der Waals surface area contributed by atoms with Crippen molar-refractivity contribution in [1.82, 2.24) is 0 Å². The van der Waals surface area contributed by atoms with Gasteiger partial charge in [0.15, 0.2) is 0 Å². The SMILES string of the molecule is C=CC.[Ca+2].[Cl-].[Cl-]. The second kappa shape index (κ2) is 30.8. The number of hydrogen-bond donors (Lipinski definition) is 0. The normalized spacial score (nSPS) is 2.17. The molecule has 0 N–H and O–H groups in total. The van der Waals surface area contributed by atoms with E-state index in [0.717, 1.165) is 0 Å². The van der Waals surface area contributed by atoms with Gasteiger partial charge in [0.25, 0.3) is 0 Å². The molecule has 0 aromatic carbocycles. The molecule has 0 aliphatic heterocycles. The van der Waals surface area contributed by atoms with Crippen LogP contribution in [0.3, 0.4) is 0 Å². The van der Waals surface area contributed by atoms with Crippen LogP contribution < -0.4 is 24.8 Å². The first-order valence-electron chi connectivity index (χ1n) is 0.986. The van der Waals surface area contributed by atoms with Crippen molar-refractivity contribution in [2.24, 2.45) is 0 Å². The average molecular weight is 153 g/mol. The fraction of sp³-hybridized carbons (Fsp3) is 0.333. The number of hydrogen-bond acceptors (Lipinski definition) is 0. The summed E-state index contributed by atoms with van der Waals surface area (Å²) in [5.74, 6) is 0. The molecule has 0 heterocycles. The first-order valence-corrected chi connectivity index (χ1v) is 0.986. The average Bonchev–Trinajstić information content (AvgIpc) is 0.918. The van der Waals surface area contributed by atoms with Crippen LogP contribution in [-0.4, -0.2) is 37.7 Å². The van der Waals surface area contributed by atoms with Gasteiger partial charge in [0, 0.05) is 0 Å². The third-order valence-corrected chi connectivity index (χ3v) is 0. The van der Waals surface area contributed by atoms with Crippen LogP contribution in [0.2, 0.25) is 0 Å². The van der Waals surface area contributed by atoms with Crippen molar-refractivity contribution in [3.05, 3.63) is 12.7 Å². The van der Waals surface area contributed by atoms with Crippen LogP contribution in [0.4, 0.5) is 0 Å². The van der Waals surface area contributed by atoms with E-state index in [4.69, 9.17) is 0 Å². The Kier molecular flexibility index (Phi) is 131. The van der Waals surface area contributed by atoms with Gasteiger partial charge in [0.05, 0.1) is 0 Å². The summed E-state index contributed by atoms with van der Waals surface area (Å²) in [7, 11) is 0. The predicted octanol–water partition coefficient (Wildman–Crippen LogP) is -5.18. The molecule has 0 atom stereocenters. The van der Waals surface area contributed by atoms with Gasteiger partial charge in [0.1, 0.15) is 0 Å². The van der Waals surface area contributed by atoms with Crippen LogP contribution in [0, 0.1) is 0 Å². The maximum Gasteiger partial charge on any atom is 2.00 e. The van der Waals surface area contributed by atoms with Gasteiger partial charge in [-0.05, 0) is 6.92 Å². The zero-order chi connectivity index (χ0) is 2.71. The van der Waals surface area contributed by atoms with Crippen molar-refractivity contribution in [2.45, 2.75) is 6.92 Å². The van der Waals surface area contributed by atoms with E-state index >= 15 is 0 Å². The Hall–Kier alpha value is 1.58. The summed E-state index contributed by atoms with van der Waals surface area (Å²) in [5.41, 5.74) is 0. The molecule has 0 saturated carbocycles. The Balaban J connectivity index is -0.00000000667. The predicted molar refractivity (Wildman–Crippen MR) is 21.6 cm³/mol. The number of rotatable bonds is 0. The third kappa shape index (κ3) is 46.9. The number of halogens is 2. The smallest absolute Gasteiger partial charge is 1.00 e. The molecule has 0 rings (SSSR count). The molecule has 0 fully saturated rings. The largest absolute Gasteiger partial charge is 2.00 e. The topological polar surface area (TPSA) is 0 Å². The fourth-order valence-electron chi connectivity index (χ4n) is 0. The van der Waals surface area contributed by atoms with Gasteiger partial charge in [-0.2, -0.15) is 0 Å². The maximum atomic E-state index is 3.36. The van der Waals surface area contributed by atoms with Gasteiger partial charge in [-0.1, -0.05) is 6.08 Å². The Morgan fingerprint density at radius 1 is 1.33 bits per heavy atom. The van der Waals surface area contributed by atoms with Gasteiger partial charge >= 0.3 is 37.7 Å². The Labute approximate surface area is 81.2 Å². The minimum absolute atomic E-state index is 0. The summed E-state index contributed by atoms with van der Waals surface area (Å²) in [6, 6.07) is 0. The molecule has 0 aromatic heterocycles. The molecule has 0 spiro atoms. The summed E-state index contributed by atoms with van der Waals surface area (Å²) in [4.78, 5) is 0. The maximum absolute atomic E-state index is 3.36. The van der Waals surface area contributed by atoms with Gasteiger partial charge in [0.2, 0.25) is 0 Å². The summed E-state index contributed by atoms with van der Waals surface area (Å²) in [5, 5.41) is 0. The van der Waals surface area contributed by atoms with Crippen molar-refractivity contribution < 1.29 is 24.8 Å². The Morgan fingerprint density at radius 2 is 1.33 bits per heavy atom. The molecule has 0 aromatic rings. The first kappa shape index (κ1) is 25.6. The van der Waals surface area contributed by atoms with Crippen LogP contribution in [0.25, 0.3) is 0 Å². The summed E-state index contributed by atoms with van der Waals surface area (Å²) >= 11 is 0. The monoisotopic (exact) mass is 152 g/mol. The quantitative estimate of drug-likeness (QED) is 0.241. The van der Waals surface area contributed by atoms with Crippen LogP contribution in [-0.2, 0) is 0 Å². The summed E-state index contributed by atoms with van der Waals surface area (Å²) < 4.78 is 0. The van der Waals surface area contributed by atoms with E-state index in [1.165, 1.54) is 0 Å². The van der Waals surface area contributed by atoms with Crippen molar-refractivity contribution in [2.75, 3.05) is 0 Å². The molecule has 0 amide bonds. The van der Waals surface area contributed by atoms with Crippen LogP contribution in [0.15, 0.2) is 12.7 Å². The van der Waals surface area contributed by atoms with E-state index in [2.05, 4.69) is 6.58 Å². The molecule has 0 bridgehead atoms. The standard InChI is InChI=1S/C3H6.Ca.2ClH/c1-3-2;;;/h3H,1H2,2H3;;2*1H/q;+2;;/p-2. The van der Waals surface area contributed by atoms with Gasteiger partial charge in [-0.3, -0.25) is 0 Å². The first-order chi connectivity index (χ1) is 1.41. The molecule has 0 unspecified atom stereocenters. The van der Waals surface area contributed by atoms with Crippen molar-refractivity contribution in [1.29, 1.82) is 0 Å². The van der Waals surface area contributed by atoms with Crippen molar-refractivity contribution in [3.8, 4) is 0 Å². The van der Waals surface area contributed by atoms with Crippen molar-refractivity contribution in [3.63, 3.8) is 0 Å². The second-order valence-corrected chi connectivity index (χ2v) is 0.408. The minimum atomic E-state index is 0. The van der Waals surface area contributed by atoms with Gasteiger partial charge in [-0.25, -0.2) is 0 Å². The van der Waals surface area contributed by atoms with E-state index in [1.807, 2.05) is 6.92 Å². The Bertz CT molecular complexity index is 16.3. The van der Waals surface area contributed by atoms with E-state index in [9.17, 15) is 0 Å². The second-order valence-electron chi connectivity index (χ2n) is 0.408. The van der Waals surface area contributed by atoms with Gasteiger partial charge < -0.3 is 24.8 Å². The Morgan fingerprint density at radius 3 is 1.33 bits per heavy atom. The minimum Gasteiger partial charge on any atom is -1.00 e. The number of allylic oxidation sites excluding steroid dienone is 1. The van der Waals surface area contributed by atoms with Crippen LogP contribution >= 0.6 is 0 Å². The zero-order valence-electron chi connectivity index (χ0n) is 3.75. The molecule has 0 saturated heterocycles. The van der Waals surface area contributed by atoms with Crippen LogP contribution in [0.1, 0.15) is 6.92 Å². The molecule has 0 aliphatic carbocycles. The molecule has 0 nitrogen and oxygen atoms in total. The van der Waals surface area contributed by atoms with Crippen LogP contribution in [0.5, 0.6) is 0 Å². The summed E-state index contributed by atoms with van der Waals surface area (Å²) in [6.07, 6.45) is 1.75. The molecular weight excluding hydrogens is 147 g/mol.